The van der Waals surface area contributed by atoms with E-state index in [0.717, 1.165) is 17.7 Å². The maximum absolute atomic E-state index is 14.3. The maximum atomic E-state index is 14.3. The van der Waals surface area contributed by atoms with Crippen LogP contribution in [0.1, 0.15) is 31.9 Å². The van der Waals surface area contributed by atoms with Gasteiger partial charge in [0.1, 0.15) is 22.4 Å². The number of nitrogens with zero attached hydrogens (tertiary/aromatic N) is 1. The van der Waals surface area contributed by atoms with Crippen molar-refractivity contribution in [2.75, 3.05) is 0 Å². The van der Waals surface area contributed by atoms with Gasteiger partial charge in [-0.3, -0.25) is 10.1 Å². The molecule has 0 radical (unpaired) electrons. The van der Waals surface area contributed by atoms with Crippen LogP contribution in [0.2, 0.25) is 0 Å². The fourth-order valence-electron chi connectivity index (χ4n) is 2.45. The van der Waals surface area contributed by atoms with Crippen molar-refractivity contribution in [2.45, 2.75) is 38.8 Å². The molecule has 2 aromatic rings. The van der Waals surface area contributed by atoms with Crippen LogP contribution in [0.3, 0.4) is 0 Å². The predicted octanol–water partition coefficient (Wildman–Crippen LogP) is 3.95. The van der Waals surface area contributed by atoms with Gasteiger partial charge in [0.05, 0.1) is 11.0 Å². The Hall–Kier alpha value is -2.87. The molecule has 0 aliphatic rings. The van der Waals surface area contributed by atoms with Crippen LogP contribution in [0.25, 0.3) is 0 Å². The van der Waals surface area contributed by atoms with E-state index < -0.39 is 28.4 Å². The van der Waals surface area contributed by atoms with Crippen LogP contribution in [0, 0.1) is 15.9 Å². The maximum Gasteiger partial charge on any atom is 0.329 e. The number of hydrogen-bond donors (Lipinski definition) is 1. The molecule has 2 aromatic carbocycles. The Morgan fingerprint density at radius 2 is 1.89 bits per heavy atom. The lowest BCUT2D eigenvalue weighted by Gasteiger charge is -2.25. The second-order valence-electron chi connectivity index (χ2n) is 7.17. The first-order chi connectivity index (χ1) is 13.1. The van der Waals surface area contributed by atoms with E-state index in [1.807, 2.05) is 30.3 Å². The van der Waals surface area contributed by atoms with E-state index in [4.69, 9.17) is 17.0 Å². The van der Waals surface area contributed by atoms with Crippen molar-refractivity contribution >= 4 is 28.9 Å². The average molecular weight is 404 g/mol. The minimum atomic E-state index is -0.844. The van der Waals surface area contributed by atoms with Crippen LogP contribution in [-0.4, -0.2) is 27.5 Å². The third kappa shape index (κ3) is 6.09. The van der Waals surface area contributed by atoms with Crippen LogP contribution < -0.4 is 5.32 Å². The average Bonchev–Trinajstić information content (AvgIpc) is 2.60. The summed E-state index contributed by atoms with van der Waals surface area (Å²) in [6, 6.07) is 11.6. The third-order valence-corrected chi connectivity index (χ3v) is 4.03. The zero-order chi connectivity index (χ0) is 20.9. The minimum absolute atomic E-state index is 0.0257. The number of halogens is 1. The lowest BCUT2D eigenvalue weighted by Crippen LogP contribution is -2.45. The Morgan fingerprint density at radius 3 is 2.43 bits per heavy atom. The van der Waals surface area contributed by atoms with E-state index in [1.54, 1.807) is 20.8 Å². The van der Waals surface area contributed by atoms with Gasteiger partial charge < -0.3 is 10.1 Å². The van der Waals surface area contributed by atoms with Gasteiger partial charge in [-0.15, -0.1) is 0 Å². The molecule has 1 atom stereocenters. The zero-order valence-electron chi connectivity index (χ0n) is 15.8. The number of carbonyl (C=O) groups excluding carboxylic acids is 1. The summed E-state index contributed by atoms with van der Waals surface area (Å²) in [5.41, 5.74) is -0.231. The lowest BCUT2D eigenvalue weighted by atomic mass is 10.0. The molecule has 1 N–H and O–H groups in total. The van der Waals surface area contributed by atoms with Gasteiger partial charge in [-0.25, -0.2) is 9.18 Å². The topological polar surface area (TPSA) is 81.5 Å². The van der Waals surface area contributed by atoms with Crippen molar-refractivity contribution in [3.8, 4) is 0 Å². The van der Waals surface area contributed by atoms with Crippen molar-refractivity contribution in [1.29, 1.82) is 0 Å². The van der Waals surface area contributed by atoms with E-state index in [9.17, 15) is 19.3 Å². The Bertz CT molecular complexity index is 882. The monoisotopic (exact) mass is 404 g/mol. The van der Waals surface area contributed by atoms with Crippen molar-refractivity contribution in [2.24, 2.45) is 0 Å². The van der Waals surface area contributed by atoms with E-state index >= 15 is 0 Å². The Balaban J connectivity index is 2.24. The van der Waals surface area contributed by atoms with Gasteiger partial charge in [0.15, 0.2) is 0 Å². The van der Waals surface area contributed by atoms with Gasteiger partial charge >= 0.3 is 5.97 Å². The van der Waals surface area contributed by atoms with Crippen LogP contribution in [-0.2, 0) is 16.0 Å². The predicted molar refractivity (Wildman–Crippen MR) is 108 cm³/mol. The van der Waals surface area contributed by atoms with E-state index in [0.29, 0.717) is 0 Å². The van der Waals surface area contributed by atoms with Crippen molar-refractivity contribution in [3.05, 3.63) is 75.6 Å². The quantitative estimate of drug-likeness (QED) is 0.340. The normalized spacial score (nSPS) is 12.1. The van der Waals surface area contributed by atoms with Gasteiger partial charge in [0, 0.05) is 18.1 Å². The number of non-ortho nitro benzene ring substituents is 1. The van der Waals surface area contributed by atoms with E-state index in [1.165, 1.54) is 6.07 Å². The Labute approximate surface area is 167 Å². The lowest BCUT2D eigenvalue weighted by molar-refractivity contribution is -0.385. The highest BCUT2D eigenvalue weighted by molar-refractivity contribution is 7.80. The molecular formula is C20H21FN2O4S. The molecule has 0 spiro atoms. The molecule has 0 fully saturated rings. The first kappa shape index (κ1) is 21.4. The second-order valence-corrected chi connectivity index (χ2v) is 7.58. The van der Waals surface area contributed by atoms with Crippen molar-refractivity contribution in [3.63, 3.8) is 0 Å². The summed E-state index contributed by atoms with van der Waals surface area (Å²) in [5.74, 6) is -1.37. The number of carbonyl (C=O) groups is 1. The minimum Gasteiger partial charge on any atom is -0.458 e. The largest absolute Gasteiger partial charge is 0.458 e. The molecular weight excluding hydrogens is 383 g/mol. The summed E-state index contributed by atoms with van der Waals surface area (Å²) in [6.45, 7) is 5.25. The Kier molecular flexibility index (Phi) is 6.80. The molecule has 28 heavy (non-hydrogen) atoms. The molecule has 0 saturated heterocycles. The highest BCUT2D eigenvalue weighted by Gasteiger charge is 2.27. The van der Waals surface area contributed by atoms with Crippen LogP contribution in [0.4, 0.5) is 10.1 Å². The standard InChI is InChI=1S/C20H21FN2O4S/c1-20(2,3)27-19(24)17(11-13-7-5-4-6-8-13)22-18(28)15-10-9-14(23(25)26)12-16(15)21/h4-10,12,17H,11H2,1-3H3,(H,22,28)/t17-/m0/s1. The summed E-state index contributed by atoms with van der Waals surface area (Å²) >= 11 is 5.24. The van der Waals surface area contributed by atoms with Crippen LogP contribution in [0.5, 0.6) is 0 Å². The number of esters is 1. The molecule has 8 heteroatoms. The molecule has 0 aliphatic carbocycles. The molecule has 0 heterocycles. The summed E-state index contributed by atoms with van der Waals surface area (Å²) in [7, 11) is 0. The fourth-order valence-corrected chi connectivity index (χ4v) is 2.76. The first-order valence-corrected chi connectivity index (χ1v) is 8.99. The molecule has 2 rings (SSSR count). The number of rotatable bonds is 6. The number of thiocarbonyl (C=S) groups is 1. The molecule has 0 bridgehead atoms. The first-order valence-electron chi connectivity index (χ1n) is 8.58. The number of ether oxygens (including phenoxy) is 1. The van der Waals surface area contributed by atoms with Gasteiger partial charge in [-0.05, 0) is 32.4 Å². The zero-order valence-corrected chi connectivity index (χ0v) is 16.6. The summed E-state index contributed by atoms with van der Waals surface area (Å²) in [4.78, 5) is 22.7. The van der Waals surface area contributed by atoms with E-state index in [2.05, 4.69) is 5.32 Å². The summed E-state index contributed by atoms with van der Waals surface area (Å²) < 4.78 is 19.7. The number of nitro groups is 1. The molecule has 6 nitrogen and oxygen atoms in total. The third-order valence-electron chi connectivity index (χ3n) is 3.69. The van der Waals surface area contributed by atoms with Gasteiger partial charge in [-0.2, -0.15) is 0 Å². The highest BCUT2D eigenvalue weighted by atomic mass is 32.1. The Morgan fingerprint density at radius 1 is 1.25 bits per heavy atom. The number of nitro benzene ring substituents is 1. The highest BCUT2D eigenvalue weighted by Crippen LogP contribution is 2.18. The fraction of sp³-hybridized carbons (Fsp3) is 0.300. The number of benzene rings is 2. The van der Waals surface area contributed by atoms with Crippen LogP contribution in [0.15, 0.2) is 48.5 Å². The van der Waals surface area contributed by atoms with E-state index in [-0.39, 0.29) is 22.7 Å². The molecule has 0 aliphatic heterocycles. The summed E-state index contributed by atoms with van der Waals surface area (Å²) in [6.07, 6.45) is 0.282. The van der Waals surface area contributed by atoms with Gasteiger partial charge in [0.25, 0.3) is 5.69 Å². The van der Waals surface area contributed by atoms with Gasteiger partial charge in [-0.1, -0.05) is 42.5 Å². The van der Waals surface area contributed by atoms with Gasteiger partial charge in [0.2, 0.25) is 0 Å². The SMILES string of the molecule is CC(C)(C)OC(=O)[C@H](Cc1ccccc1)NC(=S)c1ccc([N+](=O)[O-])cc1F. The molecule has 0 amide bonds. The van der Waals surface area contributed by atoms with Crippen LogP contribution >= 0.6 is 12.2 Å². The van der Waals surface area contributed by atoms with Crippen molar-refractivity contribution in [1.82, 2.24) is 5.32 Å². The summed E-state index contributed by atoms with van der Waals surface area (Å²) in [5, 5.41) is 13.6. The molecule has 0 saturated carbocycles. The number of nitrogens with one attached hydrogen (secondary N) is 1. The molecule has 148 valence electrons. The second kappa shape index (κ2) is 8.88. The smallest absolute Gasteiger partial charge is 0.329 e. The number of hydrogen-bond acceptors (Lipinski definition) is 5. The molecule has 0 aromatic heterocycles. The van der Waals surface area contributed by atoms with Crippen molar-refractivity contribution < 1.29 is 18.8 Å². The molecule has 0 unspecified atom stereocenters.